The van der Waals surface area contributed by atoms with Crippen LogP contribution in [0.5, 0.6) is 0 Å². The van der Waals surface area contributed by atoms with E-state index in [0.29, 0.717) is 6.42 Å². The van der Waals surface area contributed by atoms with Gasteiger partial charge in [0, 0.05) is 0 Å². The molecule has 18 heavy (non-hydrogen) atoms. The first-order valence-electron chi connectivity index (χ1n) is 5.83. The van der Waals surface area contributed by atoms with Crippen LogP contribution in [0.1, 0.15) is 22.7 Å². The van der Waals surface area contributed by atoms with E-state index in [0.717, 1.165) is 16.7 Å². The molecule has 0 fully saturated rings. The molecule has 0 saturated carbocycles. The van der Waals surface area contributed by atoms with E-state index in [2.05, 4.69) is 11.9 Å². The predicted molar refractivity (Wildman–Crippen MR) is 71.9 cm³/mol. The quantitative estimate of drug-likeness (QED) is 0.590. The van der Waals surface area contributed by atoms with Crippen molar-refractivity contribution in [3.05, 3.63) is 78.2 Å². The lowest BCUT2D eigenvalue weighted by atomic mass is 9.96. The SMILES string of the molecule is [CH2]c1ccccc1C(Cc1ccccc1)N=C=O. The zero-order valence-electron chi connectivity index (χ0n) is 10.0. The fraction of sp³-hybridized carbons (Fsp3) is 0.125. The van der Waals surface area contributed by atoms with Crippen molar-refractivity contribution >= 4 is 6.08 Å². The molecule has 1 radical (unpaired) electrons. The second-order valence-corrected chi connectivity index (χ2v) is 4.12. The summed E-state index contributed by atoms with van der Waals surface area (Å²) in [5, 5.41) is 0. The van der Waals surface area contributed by atoms with Crippen LogP contribution in [0.4, 0.5) is 0 Å². The number of hydrogen-bond acceptors (Lipinski definition) is 2. The Bertz CT molecular complexity index is 556. The molecular formula is C16H14NO. The molecule has 0 spiro atoms. The second kappa shape index (κ2) is 5.95. The van der Waals surface area contributed by atoms with E-state index in [9.17, 15) is 4.79 Å². The molecule has 1 unspecified atom stereocenters. The van der Waals surface area contributed by atoms with Crippen LogP contribution in [0, 0.1) is 6.92 Å². The van der Waals surface area contributed by atoms with Crippen LogP contribution >= 0.6 is 0 Å². The van der Waals surface area contributed by atoms with Crippen LogP contribution in [-0.2, 0) is 11.2 Å². The van der Waals surface area contributed by atoms with Crippen molar-refractivity contribution in [1.29, 1.82) is 0 Å². The van der Waals surface area contributed by atoms with Gasteiger partial charge in [0.1, 0.15) is 0 Å². The van der Waals surface area contributed by atoms with Gasteiger partial charge in [-0.25, -0.2) is 4.79 Å². The van der Waals surface area contributed by atoms with Gasteiger partial charge in [-0.2, -0.15) is 4.99 Å². The van der Waals surface area contributed by atoms with Crippen LogP contribution in [0.3, 0.4) is 0 Å². The van der Waals surface area contributed by atoms with Crippen molar-refractivity contribution in [2.75, 3.05) is 0 Å². The molecule has 2 aromatic carbocycles. The number of hydrogen-bond donors (Lipinski definition) is 0. The summed E-state index contributed by atoms with van der Waals surface area (Å²) < 4.78 is 0. The Balaban J connectivity index is 2.30. The van der Waals surface area contributed by atoms with E-state index in [-0.39, 0.29) is 6.04 Å². The Hall–Kier alpha value is -2.18. The molecule has 0 amide bonds. The van der Waals surface area contributed by atoms with Gasteiger partial charge in [0.05, 0.1) is 6.04 Å². The molecule has 89 valence electrons. The summed E-state index contributed by atoms with van der Waals surface area (Å²) in [6.07, 6.45) is 2.34. The van der Waals surface area contributed by atoms with E-state index in [4.69, 9.17) is 0 Å². The minimum absolute atomic E-state index is 0.210. The maximum Gasteiger partial charge on any atom is 0.235 e. The third-order valence-electron chi connectivity index (χ3n) is 2.89. The first-order chi connectivity index (χ1) is 8.81. The standard InChI is InChI=1S/C16H14NO/c1-13-7-5-6-10-15(13)16(17-12-18)11-14-8-3-2-4-9-14/h2-10,16H,1,11H2. The Morgan fingerprint density at radius 1 is 1.06 bits per heavy atom. The zero-order chi connectivity index (χ0) is 12.8. The van der Waals surface area contributed by atoms with Gasteiger partial charge in [0.2, 0.25) is 6.08 Å². The summed E-state index contributed by atoms with van der Waals surface area (Å²) in [6.45, 7) is 3.98. The Kier molecular flexibility index (Phi) is 4.06. The van der Waals surface area contributed by atoms with Gasteiger partial charge in [-0.15, -0.1) is 0 Å². The summed E-state index contributed by atoms with van der Waals surface area (Å²) in [5.74, 6) is 0. The van der Waals surface area contributed by atoms with Crippen LogP contribution in [0.25, 0.3) is 0 Å². The Morgan fingerprint density at radius 3 is 2.39 bits per heavy atom. The van der Waals surface area contributed by atoms with Crippen molar-refractivity contribution in [1.82, 2.24) is 0 Å². The van der Waals surface area contributed by atoms with Gasteiger partial charge >= 0.3 is 0 Å². The maximum absolute atomic E-state index is 10.6. The third kappa shape index (κ3) is 2.93. The largest absolute Gasteiger partial charge is 0.235 e. The van der Waals surface area contributed by atoms with E-state index in [1.807, 2.05) is 54.6 Å². The lowest BCUT2D eigenvalue weighted by Gasteiger charge is -2.13. The zero-order valence-corrected chi connectivity index (χ0v) is 10.0. The summed E-state index contributed by atoms with van der Waals surface area (Å²) >= 11 is 0. The molecule has 0 aliphatic rings. The predicted octanol–water partition coefficient (Wildman–Crippen LogP) is 3.49. The van der Waals surface area contributed by atoms with Crippen LogP contribution in [-0.4, -0.2) is 6.08 Å². The molecule has 0 N–H and O–H groups in total. The van der Waals surface area contributed by atoms with Crippen molar-refractivity contribution in [3.8, 4) is 0 Å². The summed E-state index contributed by atoms with van der Waals surface area (Å²) in [5.41, 5.74) is 3.02. The molecule has 0 aromatic heterocycles. The third-order valence-corrected chi connectivity index (χ3v) is 2.89. The van der Waals surface area contributed by atoms with E-state index in [1.54, 1.807) is 6.08 Å². The van der Waals surface area contributed by atoms with Gasteiger partial charge in [0.25, 0.3) is 0 Å². The molecule has 0 saturated heterocycles. The van der Waals surface area contributed by atoms with Crippen molar-refractivity contribution in [2.24, 2.45) is 4.99 Å². The monoisotopic (exact) mass is 236 g/mol. The van der Waals surface area contributed by atoms with Gasteiger partial charge in [-0.05, 0) is 30.0 Å². The highest BCUT2D eigenvalue weighted by atomic mass is 16.1. The lowest BCUT2D eigenvalue weighted by Crippen LogP contribution is -2.02. The van der Waals surface area contributed by atoms with Crippen LogP contribution in [0.2, 0.25) is 0 Å². The fourth-order valence-corrected chi connectivity index (χ4v) is 1.99. The maximum atomic E-state index is 10.6. The second-order valence-electron chi connectivity index (χ2n) is 4.12. The van der Waals surface area contributed by atoms with E-state index < -0.39 is 0 Å². The number of benzene rings is 2. The highest BCUT2D eigenvalue weighted by molar-refractivity contribution is 5.39. The number of isocyanates is 1. The smallest absolute Gasteiger partial charge is 0.211 e. The molecule has 0 bridgehead atoms. The molecule has 2 aromatic rings. The van der Waals surface area contributed by atoms with Crippen molar-refractivity contribution in [3.63, 3.8) is 0 Å². The first kappa shape index (κ1) is 12.3. The Labute approximate surface area is 107 Å². The minimum Gasteiger partial charge on any atom is -0.211 e. The number of carbonyl (C=O) groups excluding carboxylic acids is 1. The van der Waals surface area contributed by atoms with Gasteiger partial charge in [-0.3, -0.25) is 0 Å². The number of aliphatic imine (C=N–C) groups is 1. The number of rotatable bonds is 4. The average molecular weight is 236 g/mol. The highest BCUT2D eigenvalue weighted by Crippen LogP contribution is 2.24. The molecular weight excluding hydrogens is 222 g/mol. The topological polar surface area (TPSA) is 29.4 Å². The fourth-order valence-electron chi connectivity index (χ4n) is 1.99. The summed E-state index contributed by atoms with van der Waals surface area (Å²) in [4.78, 5) is 14.5. The highest BCUT2D eigenvalue weighted by Gasteiger charge is 2.12. The lowest BCUT2D eigenvalue weighted by molar-refractivity contribution is 0.557. The number of nitrogens with zero attached hydrogens (tertiary/aromatic N) is 1. The molecule has 0 heterocycles. The Morgan fingerprint density at radius 2 is 1.72 bits per heavy atom. The molecule has 2 heteroatoms. The summed E-state index contributed by atoms with van der Waals surface area (Å²) in [6, 6.07) is 17.5. The van der Waals surface area contributed by atoms with Gasteiger partial charge < -0.3 is 0 Å². The molecule has 1 atom stereocenters. The first-order valence-corrected chi connectivity index (χ1v) is 5.83. The molecule has 2 rings (SSSR count). The van der Waals surface area contributed by atoms with Crippen LogP contribution in [0.15, 0.2) is 59.6 Å². The van der Waals surface area contributed by atoms with Crippen LogP contribution < -0.4 is 0 Å². The molecule has 2 nitrogen and oxygen atoms in total. The average Bonchev–Trinajstić information content (AvgIpc) is 2.40. The summed E-state index contributed by atoms with van der Waals surface area (Å²) in [7, 11) is 0. The van der Waals surface area contributed by atoms with Gasteiger partial charge in [-0.1, -0.05) is 54.6 Å². The van der Waals surface area contributed by atoms with Gasteiger partial charge in [0.15, 0.2) is 0 Å². The van der Waals surface area contributed by atoms with Crippen molar-refractivity contribution in [2.45, 2.75) is 12.5 Å². The van der Waals surface area contributed by atoms with E-state index >= 15 is 0 Å². The molecule has 0 aliphatic heterocycles. The minimum atomic E-state index is -0.210. The van der Waals surface area contributed by atoms with Crippen molar-refractivity contribution < 1.29 is 4.79 Å². The molecule has 0 aliphatic carbocycles. The normalized spacial score (nSPS) is 11.6. The van der Waals surface area contributed by atoms with E-state index in [1.165, 1.54) is 0 Å².